The van der Waals surface area contributed by atoms with E-state index in [-0.39, 0.29) is 18.0 Å². The lowest BCUT2D eigenvalue weighted by atomic mass is 9.92. The summed E-state index contributed by atoms with van der Waals surface area (Å²) in [5.74, 6) is 1.34. The van der Waals surface area contributed by atoms with Crippen molar-refractivity contribution >= 4 is 18.0 Å². The second-order valence-electron chi connectivity index (χ2n) is 18.4. The Labute approximate surface area is 360 Å². The van der Waals surface area contributed by atoms with E-state index in [4.69, 9.17) is 14.2 Å². The smallest absolute Gasteiger partial charge is 0.407 e. The maximum Gasteiger partial charge on any atom is 0.407 e. The van der Waals surface area contributed by atoms with E-state index >= 15 is 0 Å². The second kappa shape index (κ2) is 40.6. The Morgan fingerprint density at radius 3 is 1.21 bits per heavy atom. The average Bonchev–Trinajstić information content (AvgIpc) is 3.17. The number of hydrogen-bond acceptors (Lipinski definition) is 7. The van der Waals surface area contributed by atoms with Crippen LogP contribution in [-0.4, -0.2) is 67.9 Å². The first-order valence-corrected chi connectivity index (χ1v) is 25.0. The van der Waals surface area contributed by atoms with Gasteiger partial charge >= 0.3 is 18.0 Å². The molecule has 1 amide bonds. The molecule has 0 bridgehead atoms. The molecule has 344 valence electrons. The first-order chi connectivity index (χ1) is 28.0. The summed E-state index contributed by atoms with van der Waals surface area (Å²) in [7, 11) is 0. The van der Waals surface area contributed by atoms with Crippen LogP contribution in [0.25, 0.3) is 0 Å². The number of ether oxygens (including phenoxy) is 3. The fourth-order valence-electron chi connectivity index (χ4n) is 7.83. The van der Waals surface area contributed by atoms with Crippen molar-refractivity contribution in [2.24, 2.45) is 11.8 Å². The topological polar surface area (TPSA) is 94.2 Å². The Hall–Kier alpha value is -1.83. The first kappa shape index (κ1) is 56.2. The molecule has 0 aromatic rings. The van der Waals surface area contributed by atoms with Crippen LogP contribution in [0.15, 0.2) is 0 Å². The summed E-state index contributed by atoms with van der Waals surface area (Å²) < 4.78 is 16.7. The zero-order valence-electron chi connectivity index (χ0n) is 39.7. The van der Waals surface area contributed by atoms with Crippen LogP contribution in [0.4, 0.5) is 4.79 Å². The van der Waals surface area contributed by atoms with Gasteiger partial charge in [-0.15, -0.1) is 0 Å². The van der Waals surface area contributed by atoms with E-state index in [1.807, 2.05) is 20.8 Å². The van der Waals surface area contributed by atoms with E-state index in [2.05, 4.69) is 37.9 Å². The highest BCUT2D eigenvalue weighted by molar-refractivity contribution is 5.69. The SMILES string of the molecule is CCCCCC(CCCCC)CCOC(=O)CCCCCCCN(CCCCCCCC(=O)OCCC(CCCCC)CCCCC)CCCNC(=O)OC(C)(C)C. The van der Waals surface area contributed by atoms with Crippen LogP contribution in [0, 0.1) is 11.8 Å². The molecule has 8 heteroatoms. The number of carbonyl (C=O) groups is 3. The Balaban J connectivity index is 4.42. The number of amides is 1. The van der Waals surface area contributed by atoms with Crippen molar-refractivity contribution in [1.82, 2.24) is 10.2 Å². The van der Waals surface area contributed by atoms with E-state index in [1.165, 1.54) is 103 Å². The predicted molar refractivity (Wildman–Crippen MR) is 245 cm³/mol. The van der Waals surface area contributed by atoms with Crippen LogP contribution >= 0.6 is 0 Å². The van der Waals surface area contributed by atoms with Crippen LogP contribution in [0.1, 0.15) is 248 Å². The van der Waals surface area contributed by atoms with Crippen molar-refractivity contribution in [3.63, 3.8) is 0 Å². The molecule has 0 rings (SSSR count). The normalized spacial score (nSPS) is 11.8. The summed E-state index contributed by atoms with van der Waals surface area (Å²) >= 11 is 0. The number of nitrogens with one attached hydrogen (secondary N) is 1. The van der Waals surface area contributed by atoms with Crippen molar-refractivity contribution in [2.75, 3.05) is 39.4 Å². The van der Waals surface area contributed by atoms with Gasteiger partial charge in [-0.05, 0) is 97.2 Å². The predicted octanol–water partition coefficient (Wildman–Crippen LogP) is 14.3. The molecule has 58 heavy (non-hydrogen) atoms. The molecule has 0 unspecified atom stereocenters. The molecular formula is C50H98N2O6. The molecule has 0 saturated heterocycles. The third-order valence-electron chi connectivity index (χ3n) is 11.5. The van der Waals surface area contributed by atoms with Crippen LogP contribution in [0.3, 0.4) is 0 Å². The molecule has 0 aromatic carbocycles. The second-order valence-corrected chi connectivity index (χ2v) is 18.4. The first-order valence-electron chi connectivity index (χ1n) is 25.0. The number of esters is 2. The van der Waals surface area contributed by atoms with Crippen LogP contribution in [0.5, 0.6) is 0 Å². The van der Waals surface area contributed by atoms with Crippen molar-refractivity contribution < 1.29 is 28.6 Å². The average molecular weight is 823 g/mol. The van der Waals surface area contributed by atoms with Gasteiger partial charge in [-0.2, -0.15) is 0 Å². The fraction of sp³-hybridized carbons (Fsp3) is 0.940. The molecule has 0 atom stereocenters. The summed E-state index contributed by atoms with van der Waals surface area (Å²) in [6, 6.07) is 0. The lowest BCUT2D eigenvalue weighted by Crippen LogP contribution is -2.35. The highest BCUT2D eigenvalue weighted by Gasteiger charge is 2.16. The highest BCUT2D eigenvalue weighted by Crippen LogP contribution is 2.23. The molecule has 0 radical (unpaired) electrons. The van der Waals surface area contributed by atoms with Crippen molar-refractivity contribution in [1.29, 1.82) is 0 Å². The highest BCUT2D eigenvalue weighted by atomic mass is 16.6. The number of hydrogen-bond donors (Lipinski definition) is 1. The van der Waals surface area contributed by atoms with Gasteiger partial charge in [-0.1, -0.05) is 169 Å². The monoisotopic (exact) mass is 823 g/mol. The molecule has 0 heterocycles. The number of alkyl carbamates (subject to hydrolysis) is 1. The molecule has 0 aromatic heterocycles. The molecule has 0 aliphatic carbocycles. The molecule has 1 N–H and O–H groups in total. The summed E-state index contributed by atoms with van der Waals surface area (Å²) in [4.78, 5) is 39.5. The minimum atomic E-state index is -0.494. The molecule has 8 nitrogen and oxygen atoms in total. The summed E-state index contributed by atoms with van der Waals surface area (Å²) in [5.41, 5.74) is -0.494. The van der Waals surface area contributed by atoms with Gasteiger partial charge in [-0.25, -0.2) is 4.79 Å². The maximum absolute atomic E-state index is 12.4. The molecule has 0 aliphatic heterocycles. The van der Waals surface area contributed by atoms with Crippen molar-refractivity contribution in [3.05, 3.63) is 0 Å². The molecular weight excluding hydrogens is 725 g/mol. The van der Waals surface area contributed by atoms with Gasteiger partial charge in [0.05, 0.1) is 13.2 Å². The van der Waals surface area contributed by atoms with E-state index in [0.717, 1.165) is 103 Å². The molecule has 0 saturated carbocycles. The zero-order chi connectivity index (χ0) is 43.0. The summed E-state index contributed by atoms with van der Waals surface area (Å²) in [6.07, 6.45) is 35.0. The van der Waals surface area contributed by atoms with Gasteiger partial charge in [-0.3, -0.25) is 9.59 Å². The Morgan fingerprint density at radius 1 is 0.466 bits per heavy atom. The van der Waals surface area contributed by atoms with Crippen molar-refractivity contribution in [3.8, 4) is 0 Å². The van der Waals surface area contributed by atoms with Crippen LogP contribution in [0.2, 0.25) is 0 Å². The fourth-order valence-corrected chi connectivity index (χ4v) is 7.83. The molecule has 0 aliphatic rings. The molecule has 0 spiro atoms. The molecule has 0 fully saturated rings. The van der Waals surface area contributed by atoms with E-state index in [1.54, 1.807) is 0 Å². The van der Waals surface area contributed by atoms with Gasteiger partial charge in [0.15, 0.2) is 0 Å². The minimum absolute atomic E-state index is 0.0262. The van der Waals surface area contributed by atoms with Crippen molar-refractivity contribution in [2.45, 2.75) is 253 Å². The lowest BCUT2D eigenvalue weighted by Gasteiger charge is -2.23. The van der Waals surface area contributed by atoms with Gasteiger partial charge in [0.1, 0.15) is 5.60 Å². The summed E-state index contributed by atoms with van der Waals surface area (Å²) in [5, 5.41) is 2.91. The number of rotatable bonds is 42. The number of unbranched alkanes of at least 4 members (excludes halogenated alkanes) is 16. The Morgan fingerprint density at radius 2 is 0.828 bits per heavy atom. The minimum Gasteiger partial charge on any atom is -0.466 e. The van der Waals surface area contributed by atoms with Gasteiger partial charge in [0, 0.05) is 19.4 Å². The zero-order valence-corrected chi connectivity index (χ0v) is 39.7. The number of carbonyl (C=O) groups excluding carboxylic acids is 3. The van der Waals surface area contributed by atoms with Crippen LogP contribution < -0.4 is 5.32 Å². The van der Waals surface area contributed by atoms with Gasteiger partial charge < -0.3 is 24.4 Å². The van der Waals surface area contributed by atoms with Gasteiger partial charge in [0.2, 0.25) is 0 Å². The van der Waals surface area contributed by atoms with E-state index in [0.29, 0.717) is 44.4 Å². The lowest BCUT2D eigenvalue weighted by molar-refractivity contribution is -0.145. The summed E-state index contributed by atoms with van der Waals surface area (Å²) in [6.45, 7) is 19.5. The third-order valence-corrected chi connectivity index (χ3v) is 11.5. The quantitative estimate of drug-likeness (QED) is 0.0372. The third kappa shape index (κ3) is 39.6. The Kier molecular flexibility index (Phi) is 39.3. The van der Waals surface area contributed by atoms with Gasteiger partial charge in [0.25, 0.3) is 0 Å². The van der Waals surface area contributed by atoms with Crippen LogP contribution in [-0.2, 0) is 23.8 Å². The van der Waals surface area contributed by atoms with E-state index < -0.39 is 5.60 Å². The largest absolute Gasteiger partial charge is 0.466 e. The Bertz CT molecular complexity index is 862. The maximum atomic E-state index is 12.4. The standard InChI is InChI=1S/C50H98N2O6/c1-8-12-22-31-45(32-23-13-9-2)37-43-56-47(53)35-26-18-16-20-28-40-52(42-30-39-51-49(55)58-50(5,6)7)41-29-21-17-19-27-36-48(54)57-44-38-46(33-24-14-10-3)34-25-15-11-4/h45-46H,8-44H2,1-7H3,(H,51,55). The van der Waals surface area contributed by atoms with E-state index in [9.17, 15) is 14.4 Å². The number of nitrogens with zero attached hydrogens (tertiary/aromatic N) is 1.